The number of rotatable bonds is 2. The molecular formula is C8H14ClN3. The average Bonchev–Trinajstić information content (AvgIpc) is 2.16. The molecule has 0 unspecified atom stereocenters. The maximum atomic E-state index is 5.86. The normalized spacial score (nSPS) is 12.1. The minimum absolute atomic E-state index is 0.239. The molecule has 12 heavy (non-hydrogen) atoms. The Kier molecular flexibility index (Phi) is 2.44. The molecule has 0 saturated heterocycles. The predicted octanol–water partition coefficient (Wildman–Crippen LogP) is 1.35. The van der Waals surface area contributed by atoms with Gasteiger partial charge >= 0.3 is 0 Å². The van der Waals surface area contributed by atoms with Crippen LogP contribution in [-0.2, 0) is 13.5 Å². The van der Waals surface area contributed by atoms with Crippen LogP contribution in [0.5, 0.6) is 0 Å². The SMILES string of the molecule is Cn1cnc(Cl)c1CC(C)(C)N. The fourth-order valence-corrected chi connectivity index (χ4v) is 1.30. The average molecular weight is 188 g/mol. The van der Waals surface area contributed by atoms with Gasteiger partial charge in [-0.3, -0.25) is 0 Å². The zero-order valence-electron chi connectivity index (χ0n) is 7.63. The van der Waals surface area contributed by atoms with E-state index in [1.807, 2.05) is 25.5 Å². The highest BCUT2D eigenvalue weighted by Gasteiger charge is 2.16. The second-order valence-corrected chi connectivity index (χ2v) is 4.12. The molecule has 1 rings (SSSR count). The molecule has 0 spiro atoms. The molecule has 0 saturated carbocycles. The molecule has 0 atom stereocenters. The van der Waals surface area contributed by atoms with Gasteiger partial charge < -0.3 is 10.3 Å². The lowest BCUT2D eigenvalue weighted by atomic mass is 10.0. The summed E-state index contributed by atoms with van der Waals surface area (Å²) in [6, 6.07) is 0. The van der Waals surface area contributed by atoms with Crippen molar-refractivity contribution in [2.24, 2.45) is 12.8 Å². The molecule has 1 aromatic rings. The van der Waals surface area contributed by atoms with Crippen molar-refractivity contribution in [1.29, 1.82) is 0 Å². The van der Waals surface area contributed by atoms with Crippen molar-refractivity contribution in [2.45, 2.75) is 25.8 Å². The van der Waals surface area contributed by atoms with Gasteiger partial charge in [-0.05, 0) is 13.8 Å². The summed E-state index contributed by atoms with van der Waals surface area (Å²) >= 11 is 5.86. The number of hydrogen-bond donors (Lipinski definition) is 1. The number of halogens is 1. The molecular weight excluding hydrogens is 174 g/mol. The van der Waals surface area contributed by atoms with E-state index in [0.29, 0.717) is 5.15 Å². The first-order valence-electron chi connectivity index (χ1n) is 3.85. The van der Waals surface area contributed by atoms with E-state index < -0.39 is 0 Å². The predicted molar refractivity (Wildman–Crippen MR) is 50.2 cm³/mol. The summed E-state index contributed by atoms with van der Waals surface area (Å²) in [4.78, 5) is 3.97. The Bertz CT molecular complexity index is 253. The van der Waals surface area contributed by atoms with Crippen LogP contribution >= 0.6 is 11.6 Å². The largest absolute Gasteiger partial charge is 0.336 e. The van der Waals surface area contributed by atoms with Crippen molar-refractivity contribution >= 4 is 11.6 Å². The molecule has 0 aliphatic heterocycles. The van der Waals surface area contributed by atoms with Crippen LogP contribution in [0.4, 0.5) is 0 Å². The molecule has 0 aliphatic carbocycles. The van der Waals surface area contributed by atoms with Crippen molar-refractivity contribution < 1.29 is 0 Å². The van der Waals surface area contributed by atoms with Crippen molar-refractivity contribution in [1.82, 2.24) is 9.55 Å². The fourth-order valence-electron chi connectivity index (χ4n) is 1.06. The first-order valence-corrected chi connectivity index (χ1v) is 4.22. The zero-order chi connectivity index (χ0) is 9.35. The third-order valence-electron chi connectivity index (χ3n) is 1.63. The van der Waals surface area contributed by atoms with E-state index in [4.69, 9.17) is 17.3 Å². The van der Waals surface area contributed by atoms with Gasteiger partial charge in [0.1, 0.15) is 5.15 Å². The maximum Gasteiger partial charge on any atom is 0.150 e. The summed E-state index contributed by atoms with van der Waals surface area (Å²) < 4.78 is 1.90. The van der Waals surface area contributed by atoms with Crippen LogP contribution in [0.15, 0.2) is 6.33 Å². The lowest BCUT2D eigenvalue weighted by Crippen LogP contribution is -2.35. The Morgan fingerprint density at radius 3 is 2.58 bits per heavy atom. The van der Waals surface area contributed by atoms with Crippen LogP contribution in [0.1, 0.15) is 19.5 Å². The summed E-state index contributed by atoms with van der Waals surface area (Å²) in [5, 5.41) is 0.552. The maximum absolute atomic E-state index is 5.86. The van der Waals surface area contributed by atoms with Gasteiger partial charge in [-0.2, -0.15) is 0 Å². The second kappa shape index (κ2) is 3.07. The molecule has 68 valence electrons. The van der Waals surface area contributed by atoms with Gasteiger partial charge in [-0.15, -0.1) is 0 Å². The summed E-state index contributed by atoms with van der Waals surface area (Å²) in [5.41, 5.74) is 6.62. The van der Waals surface area contributed by atoms with Crippen molar-refractivity contribution in [3.05, 3.63) is 17.2 Å². The van der Waals surface area contributed by atoms with Gasteiger partial charge in [0.25, 0.3) is 0 Å². The molecule has 3 nitrogen and oxygen atoms in total. The van der Waals surface area contributed by atoms with Crippen molar-refractivity contribution in [3.63, 3.8) is 0 Å². The van der Waals surface area contributed by atoms with E-state index in [-0.39, 0.29) is 5.54 Å². The highest BCUT2D eigenvalue weighted by molar-refractivity contribution is 6.30. The highest BCUT2D eigenvalue weighted by atomic mass is 35.5. The van der Waals surface area contributed by atoms with Crippen LogP contribution in [0, 0.1) is 0 Å². The molecule has 0 radical (unpaired) electrons. The highest BCUT2D eigenvalue weighted by Crippen LogP contribution is 2.17. The minimum Gasteiger partial charge on any atom is -0.336 e. The fraction of sp³-hybridized carbons (Fsp3) is 0.625. The number of nitrogens with two attached hydrogens (primary N) is 1. The minimum atomic E-state index is -0.239. The number of imidazole rings is 1. The standard InChI is InChI=1S/C8H14ClN3/c1-8(2,10)4-6-7(9)11-5-12(6)3/h5H,4,10H2,1-3H3. The first kappa shape index (κ1) is 9.55. The van der Waals surface area contributed by atoms with Crippen LogP contribution in [0.3, 0.4) is 0 Å². The molecule has 0 fully saturated rings. The Morgan fingerprint density at radius 2 is 2.25 bits per heavy atom. The second-order valence-electron chi connectivity index (χ2n) is 3.76. The Labute approximate surface area is 77.5 Å². The van der Waals surface area contributed by atoms with Crippen molar-refractivity contribution in [2.75, 3.05) is 0 Å². The van der Waals surface area contributed by atoms with E-state index in [9.17, 15) is 0 Å². The summed E-state index contributed by atoms with van der Waals surface area (Å²) in [6.07, 6.45) is 2.44. The number of aryl methyl sites for hydroxylation is 1. The number of nitrogens with zero attached hydrogens (tertiary/aromatic N) is 2. The van der Waals surface area contributed by atoms with Gasteiger partial charge in [0.15, 0.2) is 0 Å². The van der Waals surface area contributed by atoms with Crippen LogP contribution in [0.25, 0.3) is 0 Å². The molecule has 4 heteroatoms. The van der Waals surface area contributed by atoms with E-state index in [1.54, 1.807) is 6.33 Å². The third kappa shape index (κ3) is 2.22. The molecule has 0 aliphatic rings. The van der Waals surface area contributed by atoms with Crippen LogP contribution in [0.2, 0.25) is 5.15 Å². The topological polar surface area (TPSA) is 43.8 Å². The van der Waals surface area contributed by atoms with Gasteiger partial charge in [0.05, 0.1) is 12.0 Å². The Balaban J connectivity index is 2.88. The lowest BCUT2D eigenvalue weighted by molar-refractivity contribution is 0.502. The van der Waals surface area contributed by atoms with Crippen molar-refractivity contribution in [3.8, 4) is 0 Å². The van der Waals surface area contributed by atoms with Gasteiger partial charge in [0, 0.05) is 19.0 Å². The summed E-state index contributed by atoms with van der Waals surface area (Å²) in [7, 11) is 1.92. The summed E-state index contributed by atoms with van der Waals surface area (Å²) in [5.74, 6) is 0. The molecule has 0 amide bonds. The van der Waals surface area contributed by atoms with Gasteiger partial charge in [-0.1, -0.05) is 11.6 Å². The van der Waals surface area contributed by atoms with E-state index in [1.165, 1.54) is 0 Å². The molecule has 1 heterocycles. The Hall–Kier alpha value is -0.540. The molecule has 0 aromatic carbocycles. The monoisotopic (exact) mass is 187 g/mol. The van der Waals surface area contributed by atoms with Crippen LogP contribution < -0.4 is 5.73 Å². The smallest absolute Gasteiger partial charge is 0.150 e. The third-order valence-corrected chi connectivity index (χ3v) is 1.95. The number of hydrogen-bond acceptors (Lipinski definition) is 2. The molecule has 0 bridgehead atoms. The zero-order valence-corrected chi connectivity index (χ0v) is 8.39. The summed E-state index contributed by atoms with van der Waals surface area (Å²) in [6.45, 7) is 3.94. The van der Waals surface area contributed by atoms with Gasteiger partial charge in [0.2, 0.25) is 0 Å². The Morgan fingerprint density at radius 1 is 1.67 bits per heavy atom. The van der Waals surface area contributed by atoms with E-state index in [2.05, 4.69) is 4.98 Å². The lowest BCUT2D eigenvalue weighted by Gasteiger charge is -2.18. The number of aromatic nitrogens is 2. The van der Waals surface area contributed by atoms with E-state index >= 15 is 0 Å². The molecule has 2 N–H and O–H groups in total. The first-order chi connectivity index (χ1) is 5.40. The quantitative estimate of drug-likeness (QED) is 0.760. The van der Waals surface area contributed by atoms with E-state index in [0.717, 1.165) is 12.1 Å². The molecule has 1 aromatic heterocycles. The van der Waals surface area contributed by atoms with Crippen LogP contribution in [-0.4, -0.2) is 15.1 Å². The van der Waals surface area contributed by atoms with Gasteiger partial charge in [-0.25, -0.2) is 4.98 Å².